The van der Waals surface area contributed by atoms with Crippen molar-refractivity contribution in [1.29, 1.82) is 0 Å². The van der Waals surface area contributed by atoms with Gasteiger partial charge in [-0.1, -0.05) is 43.0 Å². The van der Waals surface area contributed by atoms with E-state index in [2.05, 4.69) is 10.6 Å². The molecule has 0 saturated carbocycles. The first-order valence-electron chi connectivity index (χ1n) is 11.3. The standard InChI is InChI=1S/C26H27N3O4S/c1-4-25(30)27-17-15-22(33-6-3)18(16-21(17)32-5-2)28-26(31)29-19-11-7-9-13-23(19)34-24-14-10-8-12-20(24)29/h7-16H,4-6H2,1-3H3,(H,27,30)(H,28,31). The van der Waals surface area contributed by atoms with Gasteiger partial charge in [-0.05, 0) is 38.1 Å². The van der Waals surface area contributed by atoms with Gasteiger partial charge in [-0.3, -0.25) is 9.69 Å². The zero-order valence-corrected chi connectivity index (χ0v) is 20.2. The summed E-state index contributed by atoms with van der Waals surface area (Å²) < 4.78 is 11.6. The Hall–Kier alpha value is -3.65. The number of carbonyl (C=O) groups is 2. The summed E-state index contributed by atoms with van der Waals surface area (Å²) in [4.78, 5) is 29.4. The molecule has 0 radical (unpaired) electrons. The van der Waals surface area contributed by atoms with Crippen LogP contribution in [-0.4, -0.2) is 25.2 Å². The van der Waals surface area contributed by atoms with Crippen molar-refractivity contribution in [3.8, 4) is 11.5 Å². The summed E-state index contributed by atoms with van der Waals surface area (Å²) in [5.74, 6) is 0.760. The van der Waals surface area contributed by atoms with Crippen molar-refractivity contribution in [3.63, 3.8) is 0 Å². The number of hydrogen-bond acceptors (Lipinski definition) is 5. The zero-order chi connectivity index (χ0) is 24.1. The van der Waals surface area contributed by atoms with E-state index < -0.39 is 0 Å². The SMILES string of the molecule is CCOc1cc(NC(=O)N2c3ccccc3Sc3ccccc32)c(OCC)cc1NC(=O)CC. The predicted octanol–water partition coefficient (Wildman–Crippen LogP) is 6.67. The van der Waals surface area contributed by atoms with Gasteiger partial charge >= 0.3 is 6.03 Å². The number of carbonyl (C=O) groups excluding carboxylic acids is 2. The molecule has 0 bridgehead atoms. The van der Waals surface area contributed by atoms with Gasteiger partial charge in [-0.15, -0.1) is 0 Å². The average molecular weight is 478 g/mol. The lowest BCUT2D eigenvalue weighted by atomic mass is 10.2. The summed E-state index contributed by atoms with van der Waals surface area (Å²) in [6, 6.07) is 18.7. The Morgan fingerprint density at radius 2 is 1.29 bits per heavy atom. The third kappa shape index (κ3) is 4.82. The number of hydrogen-bond donors (Lipinski definition) is 2. The lowest BCUT2D eigenvalue weighted by Gasteiger charge is -2.31. The third-order valence-electron chi connectivity index (χ3n) is 5.15. The predicted molar refractivity (Wildman–Crippen MR) is 136 cm³/mol. The van der Waals surface area contributed by atoms with E-state index in [-0.39, 0.29) is 11.9 Å². The molecule has 1 aliphatic rings. The fourth-order valence-electron chi connectivity index (χ4n) is 3.64. The topological polar surface area (TPSA) is 79.9 Å². The van der Waals surface area contributed by atoms with Crippen molar-refractivity contribution in [2.24, 2.45) is 0 Å². The van der Waals surface area contributed by atoms with Crippen LogP contribution in [0.2, 0.25) is 0 Å². The number of nitrogens with zero attached hydrogens (tertiary/aromatic N) is 1. The molecule has 3 aromatic rings. The van der Waals surface area contributed by atoms with Crippen LogP contribution in [-0.2, 0) is 4.79 Å². The fourth-order valence-corrected chi connectivity index (χ4v) is 4.70. The summed E-state index contributed by atoms with van der Waals surface area (Å²) in [5.41, 5.74) is 2.57. The highest BCUT2D eigenvalue weighted by Gasteiger charge is 2.29. The number of amides is 3. The normalized spacial score (nSPS) is 11.8. The number of ether oxygens (including phenoxy) is 2. The Kier molecular flexibility index (Phi) is 7.27. The summed E-state index contributed by atoms with van der Waals surface area (Å²) in [6.45, 7) is 6.30. The molecule has 3 aromatic carbocycles. The molecule has 8 heteroatoms. The Bertz CT molecular complexity index is 1170. The van der Waals surface area contributed by atoms with Crippen molar-refractivity contribution in [2.45, 2.75) is 37.0 Å². The maximum Gasteiger partial charge on any atom is 0.331 e. The van der Waals surface area contributed by atoms with Crippen LogP contribution in [0.4, 0.5) is 27.5 Å². The maximum atomic E-state index is 13.7. The number of para-hydroxylation sites is 2. The highest BCUT2D eigenvalue weighted by atomic mass is 32.2. The van der Waals surface area contributed by atoms with E-state index in [1.807, 2.05) is 62.4 Å². The molecule has 2 N–H and O–H groups in total. The Labute approximate surface area is 203 Å². The number of fused-ring (bicyclic) bond motifs is 2. The number of benzene rings is 3. The quantitative estimate of drug-likeness (QED) is 0.397. The van der Waals surface area contributed by atoms with Crippen molar-refractivity contribution in [2.75, 3.05) is 28.7 Å². The Balaban J connectivity index is 1.73. The summed E-state index contributed by atoms with van der Waals surface area (Å²) in [7, 11) is 0. The molecule has 176 valence electrons. The van der Waals surface area contributed by atoms with Crippen molar-refractivity contribution in [1.82, 2.24) is 0 Å². The first-order chi connectivity index (χ1) is 16.5. The molecule has 0 unspecified atom stereocenters. The van der Waals surface area contributed by atoms with Gasteiger partial charge in [0.15, 0.2) is 0 Å². The van der Waals surface area contributed by atoms with E-state index >= 15 is 0 Å². The highest BCUT2D eigenvalue weighted by molar-refractivity contribution is 7.99. The van der Waals surface area contributed by atoms with Crippen LogP contribution in [0.15, 0.2) is 70.5 Å². The minimum absolute atomic E-state index is 0.140. The number of nitrogens with one attached hydrogen (secondary N) is 2. The molecule has 0 aliphatic carbocycles. The fraction of sp³-hybridized carbons (Fsp3) is 0.231. The number of rotatable bonds is 7. The van der Waals surface area contributed by atoms with Crippen LogP contribution in [0.3, 0.4) is 0 Å². The van der Waals surface area contributed by atoms with E-state index in [1.165, 1.54) is 0 Å². The minimum atomic E-state index is -0.325. The van der Waals surface area contributed by atoms with Gasteiger partial charge in [0.05, 0.1) is 36.0 Å². The van der Waals surface area contributed by atoms with Gasteiger partial charge < -0.3 is 20.1 Å². The van der Waals surface area contributed by atoms with Gasteiger partial charge in [0.2, 0.25) is 5.91 Å². The molecule has 3 amide bonds. The van der Waals surface area contributed by atoms with Crippen molar-refractivity contribution < 1.29 is 19.1 Å². The first kappa shape index (κ1) is 23.5. The van der Waals surface area contributed by atoms with Crippen LogP contribution in [0.25, 0.3) is 0 Å². The summed E-state index contributed by atoms with van der Waals surface area (Å²) in [5, 5.41) is 5.84. The smallest absolute Gasteiger partial charge is 0.331 e. The molecular weight excluding hydrogens is 450 g/mol. The maximum absolute atomic E-state index is 13.7. The second-order valence-corrected chi connectivity index (χ2v) is 8.50. The monoisotopic (exact) mass is 477 g/mol. The highest BCUT2D eigenvalue weighted by Crippen LogP contribution is 2.48. The first-order valence-corrected chi connectivity index (χ1v) is 12.1. The average Bonchev–Trinajstić information content (AvgIpc) is 2.85. The molecule has 34 heavy (non-hydrogen) atoms. The van der Waals surface area contributed by atoms with Gasteiger partial charge in [-0.2, -0.15) is 0 Å². The molecular formula is C26H27N3O4S. The van der Waals surface area contributed by atoms with Gasteiger partial charge in [-0.25, -0.2) is 4.79 Å². The molecule has 0 aromatic heterocycles. The largest absolute Gasteiger partial charge is 0.492 e. The lowest BCUT2D eigenvalue weighted by molar-refractivity contribution is -0.115. The van der Waals surface area contributed by atoms with Crippen LogP contribution in [0, 0.1) is 0 Å². The van der Waals surface area contributed by atoms with E-state index in [4.69, 9.17) is 9.47 Å². The number of anilines is 4. The second kappa shape index (κ2) is 10.5. The molecule has 0 fully saturated rings. The third-order valence-corrected chi connectivity index (χ3v) is 6.28. The van der Waals surface area contributed by atoms with Crippen LogP contribution >= 0.6 is 11.8 Å². The van der Waals surface area contributed by atoms with Crippen LogP contribution in [0.1, 0.15) is 27.2 Å². The molecule has 4 rings (SSSR count). The van der Waals surface area contributed by atoms with Crippen molar-refractivity contribution in [3.05, 3.63) is 60.7 Å². The molecule has 0 saturated heterocycles. The molecule has 1 aliphatic heterocycles. The number of urea groups is 1. The lowest BCUT2D eigenvalue weighted by Crippen LogP contribution is -2.32. The molecule has 0 atom stereocenters. The van der Waals surface area contributed by atoms with E-state index in [1.54, 1.807) is 35.7 Å². The Morgan fingerprint density at radius 3 is 1.79 bits per heavy atom. The Morgan fingerprint density at radius 1 is 0.794 bits per heavy atom. The van der Waals surface area contributed by atoms with Gasteiger partial charge in [0, 0.05) is 28.3 Å². The van der Waals surface area contributed by atoms with Crippen LogP contribution in [0.5, 0.6) is 11.5 Å². The van der Waals surface area contributed by atoms with E-state index in [0.717, 1.165) is 21.2 Å². The van der Waals surface area contributed by atoms with E-state index in [9.17, 15) is 9.59 Å². The molecule has 7 nitrogen and oxygen atoms in total. The van der Waals surface area contributed by atoms with Crippen LogP contribution < -0.4 is 25.0 Å². The minimum Gasteiger partial charge on any atom is -0.492 e. The van der Waals surface area contributed by atoms with Gasteiger partial charge in [0.25, 0.3) is 0 Å². The second-order valence-electron chi connectivity index (χ2n) is 7.42. The molecule has 0 spiro atoms. The molecule has 1 heterocycles. The van der Waals surface area contributed by atoms with E-state index in [0.29, 0.717) is 42.5 Å². The zero-order valence-electron chi connectivity index (χ0n) is 19.4. The summed E-state index contributed by atoms with van der Waals surface area (Å²) >= 11 is 1.63. The van der Waals surface area contributed by atoms with Crippen molar-refractivity contribution >= 4 is 46.4 Å². The summed E-state index contributed by atoms with van der Waals surface area (Å²) in [6.07, 6.45) is 0.333. The van der Waals surface area contributed by atoms with Gasteiger partial charge in [0.1, 0.15) is 11.5 Å².